The van der Waals surface area contributed by atoms with Crippen LogP contribution in [0.25, 0.3) is 0 Å². The van der Waals surface area contributed by atoms with Gasteiger partial charge in [-0.25, -0.2) is 0 Å². The molecule has 2 nitrogen and oxygen atoms in total. The van der Waals surface area contributed by atoms with Crippen molar-refractivity contribution in [2.24, 2.45) is 5.92 Å². The van der Waals surface area contributed by atoms with E-state index in [0.717, 1.165) is 39.1 Å². The van der Waals surface area contributed by atoms with Crippen molar-refractivity contribution in [3.63, 3.8) is 0 Å². The van der Waals surface area contributed by atoms with Crippen LogP contribution in [0.1, 0.15) is 37.8 Å². The highest BCUT2D eigenvalue weighted by Gasteiger charge is 2.09. The van der Waals surface area contributed by atoms with Gasteiger partial charge in [0.2, 0.25) is 0 Å². The summed E-state index contributed by atoms with van der Waals surface area (Å²) in [6, 6.07) is 8.91. The van der Waals surface area contributed by atoms with Crippen LogP contribution < -0.4 is 5.32 Å². The summed E-state index contributed by atoms with van der Waals surface area (Å²) in [5.74, 6) is 0.667. The van der Waals surface area contributed by atoms with E-state index in [9.17, 15) is 0 Å². The lowest BCUT2D eigenvalue weighted by molar-refractivity contribution is 0.131. The summed E-state index contributed by atoms with van der Waals surface area (Å²) in [6.45, 7) is 10.3. The Kier molecular flexibility index (Phi) is 8.52. The molecule has 108 valence electrons. The summed E-state index contributed by atoms with van der Waals surface area (Å²) in [5, 5.41) is 3.54. The molecule has 1 aromatic carbocycles. The molecule has 0 saturated heterocycles. The minimum atomic E-state index is 0.667. The predicted octanol–water partition coefficient (Wildman–Crippen LogP) is 3.58. The molecule has 0 amide bonds. The first kappa shape index (κ1) is 16.2. The van der Waals surface area contributed by atoms with Crippen molar-refractivity contribution in [3.8, 4) is 0 Å². The SMILES string of the molecule is CCCNCC(CCOCC)Cc1ccc(C)cc1. The summed E-state index contributed by atoms with van der Waals surface area (Å²) < 4.78 is 5.50. The molecule has 0 bridgehead atoms. The number of rotatable bonds is 10. The van der Waals surface area contributed by atoms with Gasteiger partial charge in [-0.05, 0) is 57.7 Å². The summed E-state index contributed by atoms with van der Waals surface area (Å²) in [7, 11) is 0. The van der Waals surface area contributed by atoms with Gasteiger partial charge in [0.05, 0.1) is 0 Å². The van der Waals surface area contributed by atoms with Crippen LogP contribution >= 0.6 is 0 Å². The molecule has 19 heavy (non-hydrogen) atoms. The van der Waals surface area contributed by atoms with Crippen molar-refractivity contribution >= 4 is 0 Å². The van der Waals surface area contributed by atoms with Crippen molar-refractivity contribution in [2.75, 3.05) is 26.3 Å². The van der Waals surface area contributed by atoms with Crippen molar-refractivity contribution in [2.45, 2.75) is 40.0 Å². The van der Waals surface area contributed by atoms with Gasteiger partial charge in [0, 0.05) is 13.2 Å². The Labute approximate surface area is 118 Å². The van der Waals surface area contributed by atoms with E-state index in [1.54, 1.807) is 0 Å². The third-order valence-electron chi connectivity index (χ3n) is 3.38. The second-order valence-electron chi connectivity index (χ2n) is 5.25. The van der Waals surface area contributed by atoms with Crippen LogP contribution in [0.2, 0.25) is 0 Å². The third kappa shape index (κ3) is 7.34. The summed E-state index contributed by atoms with van der Waals surface area (Å²) in [4.78, 5) is 0. The second kappa shape index (κ2) is 9.99. The summed E-state index contributed by atoms with van der Waals surface area (Å²) in [6.07, 6.45) is 3.48. The van der Waals surface area contributed by atoms with Gasteiger partial charge in [0.25, 0.3) is 0 Å². The van der Waals surface area contributed by atoms with Gasteiger partial charge in [-0.2, -0.15) is 0 Å². The molecule has 0 aliphatic carbocycles. The zero-order valence-corrected chi connectivity index (χ0v) is 12.7. The monoisotopic (exact) mass is 263 g/mol. The maximum atomic E-state index is 5.50. The fourth-order valence-corrected chi connectivity index (χ4v) is 2.21. The smallest absolute Gasteiger partial charge is 0.0469 e. The van der Waals surface area contributed by atoms with Crippen molar-refractivity contribution in [3.05, 3.63) is 35.4 Å². The lowest BCUT2D eigenvalue weighted by atomic mass is 9.96. The molecule has 1 atom stereocenters. The molecule has 1 rings (SSSR count). The number of hydrogen-bond acceptors (Lipinski definition) is 2. The minimum absolute atomic E-state index is 0.667. The molecule has 2 heteroatoms. The van der Waals surface area contributed by atoms with Crippen LogP contribution in [0.4, 0.5) is 0 Å². The fourth-order valence-electron chi connectivity index (χ4n) is 2.21. The molecule has 0 fully saturated rings. The molecule has 0 spiro atoms. The maximum absolute atomic E-state index is 5.50. The topological polar surface area (TPSA) is 21.3 Å². The fraction of sp³-hybridized carbons (Fsp3) is 0.647. The van der Waals surface area contributed by atoms with Gasteiger partial charge in [0.15, 0.2) is 0 Å². The standard InChI is InChI=1S/C17H29NO/c1-4-11-18-14-17(10-12-19-5-2)13-16-8-6-15(3)7-9-16/h6-9,17-18H,4-5,10-14H2,1-3H3. The van der Waals surface area contributed by atoms with E-state index in [1.807, 2.05) is 0 Å². The number of benzene rings is 1. The van der Waals surface area contributed by atoms with E-state index >= 15 is 0 Å². The Morgan fingerprint density at radius 3 is 2.53 bits per heavy atom. The van der Waals surface area contributed by atoms with E-state index in [2.05, 4.69) is 50.4 Å². The second-order valence-corrected chi connectivity index (χ2v) is 5.25. The Bertz CT molecular complexity index is 311. The quantitative estimate of drug-likeness (QED) is 0.651. The molecule has 0 heterocycles. The number of nitrogens with one attached hydrogen (secondary N) is 1. The van der Waals surface area contributed by atoms with Crippen LogP contribution in [0, 0.1) is 12.8 Å². The van der Waals surface area contributed by atoms with E-state index < -0.39 is 0 Å². The van der Waals surface area contributed by atoms with Gasteiger partial charge >= 0.3 is 0 Å². The Balaban J connectivity index is 2.44. The van der Waals surface area contributed by atoms with Gasteiger partial charge in [0.1, 0.15) is 0 Å². The van der Waals surface area contributed by atoms with E-state index in [-0.39, 0.29) is 0 Å². The first-order valence-corrected chi connectivity index (χ1v) is 7.60. The molecule has 0 saturated carbocycles. The summed E-state index contributed by atoms with van der Waals surface area (Å²) >= 11 is 0. The number of hydrogen-bond donors (Lipinski definition) is 1. The van der Waals surface area contributed by atoms with Gasteiger partial charge in [-0.15, -0.1) is 0 Å². The molecule has 0 aliphatic rings. The Morgan fingerprint density at radius 2 is 1.89 bits per heavy atom. The molecule has 0 aromatic heterocycles. The molecule has 1 aromatic rings. The normalized spacial score (nSPS) is 12.6. The average Bonchev–Trinajstić information content (AvgIpc) is 2.41. The molecular weight excluding hydrogens is 234 g/mol. The molecular formula is C17H29NO. The van der Waals surface area contributed by atoms with E-state index in [4.69, 9.17) is 4.74 Å². The number of ether oxygens (including phenoxy) is 1. The van der Waals surface area contributed by atoms with Gasteiger partial charge in [-0.1, -0.05) is 36.8 Å². The Morgan fingerprint density at radius 1 is 1.16 bits per heavy atom. The zero-order valence-electron chi connectivity index (χ0n) is 12.7. The molecule has 1 unspecified atom stereocenters. The maximum Gasteiger partial charge on any atom is 0.0469 e. The Hall–Kier alpha value is -0.860. The van der Waals surface area contributed by atoms with Crippen molar-refractivity contribution < 1.29 is 4.74 Å². The van der Waals surface area contributed by atoms with Crippen LogP contribution in [0.5, 0.6) is 0 Å². The van der Waals surface area contributed by atoms with Crippen LogP contribution in [0.3, 0.4) is 0 Å². The highest BCUT2D eigenvalue weighted by Crippen LogP contribution is 2.13. The summed E-state index contributed by atoms with van der Waals surface area (Å²) in [5.41, 5.74) is 2.77. The van der Waals surface area contributed by atoms with Gasteiger partial charge < -0.3 is 10.1 Å². The van der Waals surface area contributed by atoms with E-state index in [1.165, 1.54) is 17.5 Å². The lowest BCUT2D eigenvalue weighted by Crippen LogP contribution is -2.26. The third-order valence-corrected chi connectivity index (χ3v) is 3.38. The van der Waals surface area contributed by atoms with Crippen LogP contribution in [0.15, 0.2) is 24.3 Å². The van der Waals surface area contributed by atoms with Crippen LogP contribution in [-0.2, 0) is 11.2 Å². The highest BCUT2D eigenvalue weighted by atomic mass is 16.5. The largest absolute Gasteiger partial charge is 0.382 e. The average molecular weight is 263 g/mol. The first-order chi connectivity index (χ1) is 9.26. The van der Waals surface area contributed by atoms with Gasteiger partial charge in [-0.3, -0.25) is 0 Å². The number of aryl methyl sites for hydroxylation is 1. The lowest BCUT2D eigenvalue weighted by Gasteiger charge is -2.18. The van der Waals surface area contributed by atoms with Crippen molar-refractivity contribution in [1.29, 1.82) is 0 Å². The molecule has 0 aliphatic heterocycles. The molecule has 1 N–H and O–H groups in total. The minimum Gasteiger partial charge on any atom is -0.382 e. The zero-order chi connectivity index (χ0) is 13.9. The van der Waals surface area contributed by atoms with Crippen molar-refractivity contribution in [1.82, 2.24) is 5.32 Å². The highest BCUT2D eigenvalue weighted by molar-refractivity contribution is 5.21. The molecule has 0 radical (unpaired) electrons. The van der Waals surface area contributed by atoms with Crippen LogP contribution in [-0.4, -0.2) is 26.3 Å². The predicted molar refractivity (Wildman–Crippen MR) is 82.6 cm³/mol. The first-order valence-electron chi connectivity index (χ1n) is 7.60. The van der Waals surface area contributed by atoms with E-state index in [0.29, 0.717) is 5.92 Å².